The molecule has 0 saturated carbocycles. The zero-order valence-corrected chi connectivity index (χ0v) is 14.6. The molecule has 12 heteroatoms. The fourth-order valence-electron chi connectivity index (χ4n) is 2.08. The average molecular weight is 400 g/mol. The summed E-state index contributed by atoms with van der Waals surface area (Å²) in [5.74, 6) is -2.57. The van der Waals surface area contributed by atoms with E-state index in [4.69, 9.17) is 9.84 Å². The number of hydrogen-bond donors (Lipinski definition) is 3. The fourth-order valence-corrected chi connectivity index (χ4v) is 2.08. The van der Waals surface area contributed by atoms with Gasteiger partial charge in [-0.25, -0.2) is 9.78 Å². The van der Waals surface area contributed by atoms with Gasteiger partial charge < -0.3 is 25.2 Å². The number of nitrogens with one attached hydrogen (secondary N) is 2. The third-order valence-electron chi connectivity index (χ3n) is 3.30. The molecular weight excluding hydrogens is 385 g/mol. The summed E-state index contributed by atoms with van der Waals surface area (Å²) in [6.07, 6.45) is -4.79. The van der Waals surface area contributed by atoms with Crippen molar-refractivity contribution in [1.29, 1.82) is 0 Å². The molecule has 0 aliphatic heterocycles. The lowest BCUT2D eigenvalue weighted by Gasteiger charge is -2.14. The highest BCUT2D eigenvalue weighted by atomic mass is 19.4. The van der Waals surface area contributed by atoms with Gasteiger partial charge in [0, 0.05) is 6.07 Å². The zero-order chi connectivity index (χ0) is 20.9. The second-order valence-corrected chi connectivity index (χ2v) is 5.24. The predicted molar refractivity (Wildman–Crippen MR) is 90.8 cm³/mol. The lowest BCUT2D eigenvalue weighted by molar-refractivity contribution is -0.141. The number of rotatable bonds is 7. The highest BCUT2D eigenvalue weighted by Gasteiger charge is 2.34. The van der Waals surface area contributed by atoms with Crippen molar-refractivity contribution in [2.75, 3.05) is 31.4 Å². The standard InChI is InChI=1S/C16H15F3N4O5/c1-27-10-4-3-8(14(26)28-2)5-9(10)21-12-6-11(16(17,18)19)22-15(23-12)20-7-13(24)25/h3-6H,7H2,1-2H3,(H,24,25)(H2,20,21,22,23). The maximum Gasteiger partial charge on any atom is 0.433 e. The second-order valence-electron chi connectivity index (χ2n) is 5.24. The molecule has 0 atom stereocenters. The SMILES string of the molecule is COC(=O)c1ccc(OC)c(Nc2cc(C(F)(F)F)nc(NCC(=O)O)n2)c1. The van der Waals surface area contributed by atoms with Crippen molar-refractivity contribution in [2.24, 2.45) is 0 Å². The van der Waals surface area contributed by atoms with Gasteiger partial charge in [0.2, 0.25) is 5.95 Å². The predicted octanol–water partition coefficient (Wildman–Crippen LogP) is 2.53. The topological polar surface area (TPSA) is 123 Å². The minimum absolute atomic E-state index is 0.125. The molecule has 1 heterocycles. The van der Waals surface area contributed by atoms with Crippen LogP contribution >= 0.6 is 0 Å². The van der Waals surface area contributed by atoms with E-state index < -0.39 is 36.3 Å². The van der Waals surface area contributed by atoms with E-state index in [1.165, 1.54) is 32.4 Å². The number of aromatic nitrogens is 2. The van der Waals surface area contributed by atoms with E-state index in [1.54, 1.807) is 0 Å². The van der Waals surface area contributed by atoms with Crippen molar-refractivity contribution in [3.05, 3.63) is 35.5 Å². The third kappa shape index (κ3) is 5.22. The van der Waals surface area contributed by atoms with Gasteiger partial charge in [0.15, 0.2) is 5.69 Å². The number of aliphatic carboxylic acids is 1. The number of halogens is 3. The van der Waals surface area contributed by atoms with Crippen LogP contribution in [0.2, 0.25) is 0 Å². The van der Waals surface area contributed by atoms with Crippen LogP contribution in [0.15, 0.2) is 24.3 Å². The summed E-state index contributed by atoms with van der Waals surface area (Å²) in [7, 11) is 2.51. The molecule has 0 radical (unpaired) electrons. The van der Waals surface area contributed by atoms with Gasteiger partial charge in [0.05, 0.1) is 25.5 Å². The van der Waals surface area contributed by atoms with Crippen molar-refractivity contribution in [1.82, 2.24) is 9.97 Å². The highest BCUT2D eigenvalue weighted by molar-refractivity contribution is 5.91. The number of anilines is 3. The van der Waals surface area contributed by atoms with Crippen LogP contribution < -0.4 is 15.4 Å². The summed E-state index contributed by atoms with van der Waals surface area (Å²) in [6, 6.07) is 4.78. The third-order valence-corrected chi connectivity index (χ3v) is 3.30. The lowest BCUT2D eigenvalue weighted by atomic mass is 10.2. The molecule has 2 rings (SSSR count). The van der Waals surface area contributed by atoms with E-state index in [0.717, 1.165) is 0 Å². The molecule has 0 aliphatic rings. The Hall–Kier alpha value is -3.57. The van der Waals surface area contributed by atoms with Gasteiger partial charge in [0.1, 0.15) is 18.1 Å². The number of carboxylic acid groups (broad SMARTS) is 1. The molecule has 0 spiro atoms. The molecule has 0 saturated heterocycles. The molecule has 0 unspecified atom stereocenters. The first-order valence-electron chi connectivity index (χ1n) is 7.59. The van der Waals surface area contributed by atoms with Crippen LogP contribution in [0, 0.1) is 0 Å². The van der Waals surface area contributed by atoms with Crippen molar-refractivity contribution in [3.63, 3.8) is 0 Å². The first kappa shape index (κ1) is 20.7. The Morgan fingerprint density at radius 3 is 2.46 bits per heavy atom. The minimum Gasteiger partial charge on any atom is -0.495 e. The molecule has 2 aromatic rings. The zero-order valence-electron chi connectivity index (χ0n) is 14.6. The number of carbonyl (C=O) groups excluding carboxylic acids is 1. The number of alkyl halides is 3. The Balaban J connectivity index is 2.45. The number of nitrogens with zero attached hydrogens (tertiary/aromatic N) is 2. The Morgan fingerprint density at radius 1 is 1.18 bits per heavy atom. The Labute approximate surface area is 156 Å². The van der Waals surface area contributed by atoms with Crippen LogP contribution in [0.3, 0.4) is 0 Å². The van der Waals surface area contributed by atoms with Crippen molar-refractivity contribution in [2.45, 2.75) is 6.18 Å². The molecule has 0 amide bonds. The first-order chi connectivity index (χ1) is 13.1. The van der Waals surface area contributed by atoms with Crippen LogP contribution in [0.25, 0.3) is 0 Å². The summed E-state index contributed by atoms with van der Waals surface area (Å²) in [5, 5.41) is 13.5. The van der Waals surface area contributed by atoms with E-state index in [2.05, 4.69) is 25.3 Å². The Morgan fingerprint density at radius 2 is 1.89 bits per heavy atom. The first-order valence-corrected chi connectivity index (χ1v) is 7.59. The van der Waals surface area contributed by atoms with Crippen LogP contribution in [-0.2, 0) is 15.7 Å². The van der Waals surface area contributed by atoms with Crippen molar-refractivity contribution < 1.29 is 37.3 Å². The van der Waals surface area contributed by atoms with E-state index in [1.807, 2.05) is 0 Å². The average Bonchev–Trinajstić information content (AvgIpc) is 2.64. The van der Waals surface area contributed by atoms with Gasteiger partial charge in [-0.05, 0) is 18.2 Å². The lowest BCUT2D eigenvalue weighted by Crippen LogP contribution is -2.17. The number of carbonyl (C=O) groups is 2. The fraction of sp³-hybridized carbons (Fsp3) is 0.250. The van der Waals surface area contributed by atoms with Gasteiger partial charge in [0.25, 0.3) is 0 Å². The summed E-state index contributed by atoms with van der Waals surface area (Å²) >= 11 is 0. The van der Waals surface area contributed by atoms with Gasteiger partial charge >= 0.3 is 18.1 Å². The van der Waals surface area contributed by atoms with E-state index in [-0.39, 0.29) is 22.8 Å². The molecule has 28 heavy (non-hydrogen) atoms. The number of esters is 1. The number of carboxylic acids is 1. The van der Waals surface area contributed by atoms with Crippen molar-refractivity contribution in [3.8, 4) is 5.75 Å². The quantitative estimate of drug-likeness (QED) is 0.602. The van der Waals surface area contributed by atoms with Crippen LogP contribution in [0.5, 0.6) is 5.75 Å². The molecule has 9 nitrogen and oxygen atoms in total. The number of ether oxygens (including phenoxy) is 2. The molecular formula is C16H15F3N4O5. The molecule has 0 bridgehead atoms. The van der Waals surface area contributed by atoms with E-state index >= 15 is 0 Å². The Bertz CT molecular complexity index is 889. The Kier molecular flexibility index (Phi) is 6.23. The van der Waals surface area contributed by atoms with Crippen molar-refractivity contribution >= 4 is 29.4 Å². The van der Waals surface area contributed by atoms with Gasteiger partial charge in [-0.15, -0.1) is 0 Å². The van der Waals surface area contributed by atoms with Crippen LogP contribution in [0.4, 0.5) is 30.6 Å². The van der Waals surface area contributed by atoms with E-state index in [0.29, 0.717) is 6.07 Å². The molecule has 0 fully saturated rings. The minimum atomic E-state index is -4.79. The summed E-state index contributed by atoms with van der Waals surface area (Å²) < 4.78 is 49.0. The van der Waals surface area contributed by atoms with Crippen LogP contribution in [0.1, 0.15) is 16.1 Å². The number of hydrogen-bond acceptors (Lipinski definition) is 8. The monoisotopic (exact) mass is 400 g/mol. The molecule has 0 aliphatic carbocycles. The number of methoxy groups -OCH3 is 2. The highest BCUT2D eigenvalue weighted by Crippen LogP contribution is 2.32. The summed E-state index contributed by atoms with van der Waals surface area (Å²) in [4.78, 5) is 29.4. The second kappa shape index (κ2) is 8.41. The maximum atomic E-state index is 13.1. The smallest absolute Gasteiger partial charge is 0.433 e. The molecule has 1 aromatic heterocycles. The van der Waals surface area contributed by atoms with Crippen LogP contribution in [-0.4, -0.2) is 47.8 Å². The molecule has 1 aromatic carbocycles. The summed E-state index contributed by atoms with van der Waals surface area (Å²) in [5.41, 5.74) is -1.03. The summed E-state index contributed by atoms with van der Waals surface area (Å²) in [6.45, 7) is -0.679. The number of benzene rings is 1. The largest absolute Gasteiger partial charge is 0.495 e. The van der Waals surface area contributed by atoms with Gasteiger partial charge in [-0.2, -0.15) is 18.2 Å². The maximum absolute atomic E-state index is 13.1. The van der Waals surface area contributed by atoms with Gasteiger partial charge in [-0.1, -0.05) is 0 Å². The normalized spacial score (nSPS) is 10.9. The molecule has 150 valence electrons. The van der Waals surface area contributed by atoms with E-state index in [9.17, 15) is 22.8 Å². The molecule has 3 N–H and O–H groups in total. The van der Waals surface area contributed by atoms with Gasteiger partial charge in [-0.3, -0.25) is 4.79 Å².